The number of rotatable bonds is 2. The van der Waals surface area contributed by atoms with Crippen LogP contribution in [-0.2, 0) is 0 Å². The van der Waals surface area contributed by atoms with Crippen molar-refractivity contribution in [2.24, 2.45) is 0 Å². The number of benzene rings is 1. The van der Waals surface area contributed by atoms with Crippen molar-refractivity contribution in [2.75, 3.05) is 0 Å². The van der Waals surface area contributed by atoms with Crippen molar-refractivity contribution in [3.63, 3.8) is 0 Å². The Bertz CT molecular complexity index is 374. The van der Waals surface area contributed by atoms with E-state index in [1.54, 1.807) is 36.4 Å². The molecule has 0 aliphatic carbocycles. The van der Waals surface area contributed by atoms with Gasteiger partial charge in [0.1, 0.15) is 17.9 Å². The molecule has 0 spiro atoms. The second-order valence-electron chi connectivity index (χ2n) is 2.35. The normalized spacial score (nSPS) is 10.5. The summed E-state index contributed by atoms with van der Waals surface area (Å²) in [5.41, 5.74) is 0.135. The Morgan fingerprint density at radius 1 is 1.38 bits per heavy atom. The SMILES string of the molecule is N#C/C(=C\O)C(=O)c1ccccc1. The van der Waals surface area contributed by atoms with Gasteiger partial charge in [-0.15, -0.1) is 0 Å². The molecule has 1 aromatic rings. The minimum absolute atomic E-state index is 0.258. The van der Waals surface area contributed by atoms with Crippen molar-refractivity contribution in [1.29, 1.82) is 5.26 Å². The Kier molecular flexibility index (Phi) is 2.82. The number of aliphatic hydroxyl groups is 1. The summed E-state index contributed by atoms with van der Waals surface area (Å²) in [7, 11) is 0. The molecule has 0 aliphatic rings. The molecule has 0 fully saturated rings. The first-order valence-corrected chi connectivity index (χ1v) is 3.64. The molecular formula is C10H7NO2. The minimum Gasteiger partial charge on any atom is -0.514 e. The monoisotopic (exact) mass is 173 g/mol. The van der Waals surface area contributed by atoms with Gasteiger partial charge in [0.15, 0.2) is 0 Å². The molecule has 1 aromatic carbocycles. The average molecular weight is 173 g/mol. The zero-order valence-corrected chi connectivity index (χ0v) is 6.77. The molecule has 1 N–H and O–H groups in total. The molecule has 0 aromatic heterocycles. The highest BCUT2D eigenvalue weighted by molar-refractivity contribution is 6.11. The lowest BCUT2D eigenvalue weighted by atomic mass is 10.1. The predicted octanol–water partition coefficient (Wildman–Crippen LogP) is 1.83. The third kappa shape index (κ3) is 1.94. The molecule has 0 bridgehead atoms. The molecule has 0 radical (unpaired) electrons. The van der Waals surface area contributed by atoms with E-state index >= 15 is 0 Å². The Morgan fingerprint density at radius 3 is 2.46 bits per heavy atom. The highest BCUT2D eigenvalue weighted by atomic mass is 16.2. The first kappa shape index (κ1) is 9.01. The summed E-state index contributed by atoms with van der Waals surface area (Å²) < 4.78 is 0. The van der Waals surface area contributed by atoms with E-state index in [0.717, 1.165) is 0 Å². The minimum atomic E-state index is -0.467. The van der Waals surface area contributed by atoms with Crippen LogP contribution in [0.3, 0.4) is 0 Å². The van der Waals surface area contributed by atoms with Gasteiger partial charge in [0.25, 0.3) is 0 Å². The lowest BCUT2D eigenvalue weighted by Gasteiger charge is -1.95. The fraction of sp³-hybridized carbons (Fsp3) is 0. The number of nitriles is 1. The summed E-state index contributed by atoms with van der Waals surface area (Å²) in [6.07, 6.45) is 0.523. The van der Waals surface area contributed by atoms with Crippen molar-refractivity contribution in [3.8, 4) is 6.07 Å². The molecule has 0 heterocycles. The highest BCUT2D eigenvalue weighted by Gasteiger charge is 2.10. The summed E-state index contributed by atoms with van der Waals surface area (Å²) in [4.78, 5) is 11.4. The fourth-order valence-electron chi connectivity index (χ4n) is 0.883. The van der Waals surface area contributed by atoms with Gasteiger partial charge in [-0.25, -0.2) is 0 Å². The van der Waals surface area contributed by atoms with Gasteiger partial charge in [-0.2, -0.15) is 5.26 Å². The van der Waals surface area contributed by atoms with Crippen LogP contribution < -0.4 is 0 Å². The Hall–Kier alpha value is -2.08. The van der Waals surface area contributed by atoms with E-state index in [4.69, 9.17) is 10.4 Å². The van der Waals surface area contributed by atoms with Crippen LogP contribution in [0.15, 0.2) is 42.2 Å². The maximum atomic E-state index is 11.4. The van der Waals surface area contributed by atoms with Gasteiger partial charge in [0.05, 0.1) is 0 Å². The van der Waals surface area contributed by atoms with E-state index < -0.39 is 5.78 Å². The summed E-state index contributed by atoms with van der Waals surface area (Å²) >= 11 is 0. The van der Waals surface area contributed by atoms with E-state index in [-0.39, 0.29) is 5.57 Å². The third-order valence-electron chi connectivity index (χ3n) is 1.53. The van der Waals surface area contributed by atoms with E-state index in [1.807, 2.05) is 0 Å². The number of carbonyl (C=O) groups is 1. The number of aliphatic hydroxyl groups excluding tert-OH is 1. The van der Waals surface area contributed by atoms with Crippen LogP contribution in [0.4, 0.5) is 0 Å². The molecule has 0 amide bonds. The number of carbonyl (C=O) groups excluding carboxylic acids is 1. The Morgan fingerprint density at radius 2 is 2.00 bits per heavy atom. The van der Waals surface area contributed by atoms with E-state index in [9.17, 15) is 4.79 Å². The van der Waals surface area contributed by atoms with Gasteiger partial charge in [0.2, 0.25) is 5.78 Å². The Labute approximate surface area is 75.5 Å². The third-order valence-corrected chi connectivity index (χ3v) is 1.53. The van der Waals surface area contributed by atoms with Gasteiger partial charge in [0, 0.05) is 5.56 Å². The number of ketones is 1. The van der Waals surface area contributed by atoms with Crippen molar-refractivity contribution in [3.05, 3.63) is 47.7 Å². The topological polar surface area (TPSA) is 61.1 Å². The standard InChI is InChI=1S/C10H7NO2/c11-6-9(7-12)10(13)8-4-2-1-3-5-8/h1-5,7,12H/b9-7+. The zero-order valence-electron chi connectivity index (χ0n) is 6.77. The molecular weight excluding hydrogens is 166 g/mol. The second kappa shape index (κ2) is 4.07. The molecule has 0 saturated carbocycles. The average Bonchev–Trinajstić information content (AvgIpc) is 2.21. The van der Waals surface area contributed by atoms with Crippen LogP contribution in [0.1, 0.15) is 10.4 Å². The lowest BCUT2D eigenvalue weighted by Crippen LogP contribution is -2.01. The second-order valence-corrected chi connectivity index (χ2v) is 2.35. The maximum absolute atomic E-state index is 11.4. The summed E-state index contributed by atoms with van der Waals surface area (Å²) in [6, 6.07) is 9.94. The van der Waals surface area contributed by atoms with Crippen molar-refractivity contribution < 1.29 is 9.90 Å². The molecule has 0 unspecified atom stereocenters. The van der Waals surface area contributed by atoms with Crippen LogP contribution in [0.2, 0.25) is 0 Å². The van der Waals surface area contributed by atoms with Gasteiger partial charge in [-0.3, -0.25) is 4.79 Å². The van der Waals surface area contributed by atoms with E-state index in [1.165, 1.54) is 0 Å². The zero-order chi connectivity index (χ0) is 9.68. The molecule has 3 heteroatoms. The molecule has 1 rings (SSSR count). The predicted molar refractivity (Wildman–Crippen MR) is 47.1 cm³/mol. The first-order valence-electron chi connectivity index (χ1n) is 3.64. The van der Waals surface area contributed by atoms with E-state index in [2.05, 4.69) is 0 Å². The number of allylic oxidation sites excluding steroid dienone is 1. The number of nitrogens with zero attached hydrogens (tertiary/aromatic N) is 1. The quantitative estimate of drug-likeness (QED) is 0.321. The first-order chi connectivity index (χ1) is 6.29. The fourth-order valence-corrected chi connectivity index (χ4v) is 0.883. The van der Waals surface area contributed by atoms with E-state index in [0.29, 0.717) is 11.8 Å². The van der Waals surface area contributed by atoms with Crippen LogP contribution >= 0.6 is 0 Å². The smallest absolute Gasteiger partial charge is 0.206 e. The Balaban J connectivity index is 3.01. The summed E-state index contributed by atoms with van der Waals surface area (Å²) in [5.74, 6) is -0.467. The summed E-state index contributed by atoms with van der Waals surface area (Å²) in [5, 5.41) is 17.0. The van der Waals surface area contributed by atoms with Gasteiger partial charge in [-0.1, -0.05) is 30.3 Å². The molecule has 0 aliphatic heterocycles. The molecule has 64 valence electrons. The van der Waals surface area contributed by atoms with Crippen LogP contribution in [0.25, 0.3) is 0 Å². The molecule has 0 saturated heterocycles. The highest BCUT2D eigenvalue weighted by Crippen LogP contribution is 2.06. The van der Waals surface area contributed by atoms with Gasteiger partial charge >= 0.3 is 0 Å². The number of Topliss-reactive ketones (excluding diaryl/α,β-unsaturated/α-hetero) is 1. The molecule has 13 heavy (non-hydrogen) atoms. The molecule has 0 atom stereocenters. The number of hydrogen-bond donors (Lipinski definition) is 1. The maximum Gasteiger partial charge on any atom is 0.206 e. The van der Waals surface area contributed by atoms with Gasteiger partial charge < -0.3 is 5.11 Å². The number of hydrogen-bond acceptors (Lipinski definition) is 3. The molecule has 3 nitrogen and oxygen atoms in total. The largest absolute Gasteiger partial charge is 0.514 e. The van der Waals surface area contributed by atoms with Crippen molar-refractivity contribution in [2.45, 2.75) is 0 Å². The lowest BCUT2D eigenvalue weighted by molar-refractivity contribution is 0.103. The van der Waals surface area contributed by atoms with Crippen LogP contribution in [0, 0.1) is 11.3 Å². The van der Waals surface area contributed by atoms with Crippen LogP contribution in [-0.4, -0.2) is 10.9 Å². The summed E-state index contributed by atoms with van der Waals surface area (Å²) in [6.45, 7) is 0. The van der Waals surface area contributed by atoms with Crippen LogP contribution in [0.5, 0.6) is 0 Å². The van der Waals surface area contributed by atoms with Gasteiger partial charge in [-0.05, 0) is 0 Å². The van der Waals surface area contributed by atoms with Crippen molar-refractivity contribution >= 4 is 5.78 Å². The van der Waals surface area contributed by atoms with Crippen molar-refractivity contribution in [1.82, 2.24) is 0 Å².